The Kier molecular flexibility index (Phi) is 4.00. The van der Waals surface area contributed by atoms with Gasteiger partial charge in [0.25, 0.3) is 0 Å². The highest BCUT2D eigenvalue weighted by Gasteiger charge is 2.28. The highest BCUT2D eigenvalue weighted by molar-refractivity contribution is 7.78. The molecule has 2 nitrogen and oxygen atoms in total. The summed E-state index contributed by atoms with van der Waals surface area (Å²) in [6.45, 7) is -0.338. The molecule has 0 amide bonds. The van der Waals surface area contributed by atoms with E-state index in [0.29, 0.717) is 0 Å². The minimum atomic E-state index is -4.52. The van der Waals surface area contributed by atoms with Crippen LogP contribution in [0.2, 0.25) is 0 Å². The summed E-state index contributed by atoms with van der Waals surface area (Å²) in [5.41, 5.74) is 0. The number of alkyl halides is 3. The maximum atomic E-state index is 11.1. The van der Waals surface area contributed by atoms with E-state index in [2.05, 4.69) is 22.3 Å². The van der Waals surface area contributed by atoms with Gasteiger partial charge in [-0.3, -0.25) is 9.46 Å². The van der Waals surface area contributed by atoms with E-state index in [-0.39, 0.29) is 6.54 Å². The van der Waals surface area contributed by atoms with Gasteiger partial charge in [0.1, 0.15) is 0 Å². The van der Waals surface area contributed by atoms with Crippen molar-refractivity contribution in [2.24, 2.45) is 0 Å². The lowest BCUT2D eigenvalue weighted by Crippen LogP contribution is -2.19. The molecule has 0 aliphatic heterocycles. The van der Waals surface area contributed by atoms with E-state index >= 15 is 0 Å². The third-order valence-corrected chi connectivity index (χ3v) is 0.703. The Hall–Kier alpha value is 0.0600. The van der Waals surface area contributed by atoms with E-state index in [4.69, 9.17) is 0 Å². The second kappa shape index (κ2) is 3.97. The van der Waals surface area contributed by atoms with E-state index in [1.165, 1.54) is 0 Å². The Balaban J connectivity index is 3.07. The second-order valence-electron chi connectivity index (χ2n) is 1.20. The Morgan fingerprint density at radius 1 is 1.44 bits per heavy atom. The molecule has 0 spiro atoms. The molecule has 0 rings (SSSR count). The predicted molar refractivity (Wildman–Crippen MR) is 29.0 cm³/mol. The van der Waals surface area contributed by atoms with Crippen molar-refractivity contribution < 1.29 is 17.9 Å². The van der Waals surface area contributed by atoms with Crippen molar-refractivity contribution >= 4 is 12.8 Å². The fourth-order valence-electron chi connectivity index (χ4n) is 0.212. The smallest absolute Gasteiger partial charge is 0.291 e. The molecule has 9 heavy (non-hydrogen) atoms. The molecule has 0 aliphatic rings. The van der Waals surface area contributed by atoms with E-state index in [0.717, 1.165) is 0 Å². The summed E-state index contributed by atoms with van der Waals surface area (Å²) in [4.78, 5) is 0. The summed E-state index contributed by atoms with van der Waals surface area (Å²) in [7, 11) is 0. The minimum absolute atomic E-state index is 0.0720. The van der Waals surface area contributed by atoms with Gasteiger partial charge in [0.15, 0.2) is 0 Å². The van der Waals surface area contributed by atoms with Crippen LogP contribution in [0.15, 0.2) is 0 Å². The molecule has 0 aliphatic carbocycles. The van der Waals surface area contributed by atoms with Crippen LogP contribution in [0.1, 0.15) is 0 Å². The van der Waals surface area contributed by atoms with Gasteiger partial charge in [-0.2, -0.15) is 0 Å². The zero-order valence-electron chi connectivity index (χ0n) is 4.40. The molecular formula is C3H6F3NOS. The summed E-state index contributed by atoms with van der Waals surface area (Å²) < 4.78 is 38.9. The number of ether oxygens (including phenoxy) is 1. The van der Waals surface area contributed by atoms with Crippen molar-refractivity contribution in [2.75, 3.05) is 13.2 Å². The topological polar surface area (TPSA) is 21.3 Å². The highest BCUT2D eigenvalue weighted by Crippen LogP contribution is 2.14. The van der Waals surface area contributed by atoms with Crippen LogP contribution in [-0.2, 0) is 4.74 Å². The summed E-state index contributed by atoms with van der Waals surface area (Å²) in [5.74, 6) is 0. The third kappa shape index (κ3) is 8.06. The summed E-state index contributed by atoms with van der Waals surface area (Å²) in [6, 6.07) is 0. The molecule has 0 saturated heterocycles. The first kappa shape index (κ1) is 9.06. The number of hydrogen-bond acceptors (Lipinski definition) is 3. The molecule has 6 heteroatoms. The lowest BCUT2D eigenvalue weighted by atomic mass is 10.7. The molecule has 0 aromatic rings. The van der Waals surface area contributed by atoms with Gasteiger partial charge in [-0.15, -0.1) is 13.2 Å². The Labute approximate surface area is 55.9 Å². The Morgan fingerprint density at radius 2 is 2.00 bits per heavy atom. The number of hydrogen-bond donors (Lipinski definition) is 2. The van der Waals surface area contributed by atoms with Gasteiger partial charge in [-0.25, -0.2) is 0 Å². The zero-order valence-corrected chi connectivity index (χ0v) is 5.30. The van der Waals surface area contributed by atoms with E-state index < -0.39 is 13.0 Å². The van der Waals surface area contributed by atoms with Gasteiger partial charge in [0.05, 0.1) is 6.61 Å². The third-order valence-electron chi connectivity index (χ3n) is 0.480. The maximum absolute atomic E-state index is 11.1. The molecule has 0 aromatic carbocycles. The average Bonchev–Trinajstić information content (AvgIpc) is 1.63. The zero-order chi connectivity index (χ0) is 7.33. The standard InChI is InChI=1S/C3H6F3NOS/c4-3(5,6)8-2-1-7-9/h7,9H,1-2H2. The van der Waals surface area contributed by atoms with Crippen LogP contribution < -0.4 is 4.72 Å². The van der Waals surface area contributed by atoms with Crippen molar-refractivity contribution in [3.05, 3.63) is 0 Å². The molecule has 1 N–H and O–H groups in total. The van der Waals surface area contributed by atoms with E-state index in [1.54, 1.807) is 0 Å². The first-order valence-electron chi connectivity index (χ1n) is 2.14. The van der Waals surface area contributed by atoms with Crippen LogP contribution in [0.5, 0.6) is 0 Å². The van der Waals surface area contributed by atoms with E-state index in [1.807, 2.05) is 0 Å². The molecule has 0 heterocycles. The molecular weight excluding hydrogens is 155 g/mol. The highest BCUT2D eigenvalue weighted by atomic mass is 32.1. The van der Waals surface area contributed by atoms with Gasteiger partial charge in [0, 0.05) is 6.54 Å². The van der Waals surface area contributed by atoms with Crippen LogP contribution in [0.3, 0.4) is 0 Å². The van der Waals surface area contributed by atoms with Crippen LogP contribution in [0.25, 0.3) is 0 Å². The van der Waals surface area contributed by atoms with E-state index in [9.17, 15) is 13.2 Å². The predicted octanol–water partition coefficient (Wildman–Crippen LogP) is 0.957. The average molecular weight is 161 g/mol. The fourth-order valence-corrected chi connectivity index (χ4v) is 0.304. The van der Waals surface area contributed by atoms with Crippen molar-refractivity contribution in [1.82, 2.24) is 4.72 Å². The Bertz CT molecular complexity index is 75.9. The van der Waals surface area contributed by atoms with Crippen LogP contribution in [-0.4, -0.2) is 19.5 Å². The molecule has 0 fully saturated rings. The first-order chi connectivity index (χ1) is 4.06. The lowest BCUT2D eigenvalue weighted by Gasteiger charge is -2.04. The summed E-state index contributed by atoms with van der Waals surface area (Å²) in [6.07, 6.45) is -4.52. The molecule has 0 atom stereocenters. The van der Waals surface area contributed by atoms with Crippen LogP contribution >= 0.6 is 12.8 Å². The van der Waals surface area contributed by atoms with Crippen molar-refractivity contribution in [1.29, 1.82) is 0 Å². The number of halogens is 3. The molecule has 0 bridgehead atoms. The molecule has 0 radical (unpaired) electrons. The summed E-state index contributed by atoms with van der Waals surface area (Å²) in [5, 5.41) is 0. The normalized spacial score (nSPS) is 12.0. The first-order valence-corrected chi connectivity index (χ1v) is 2.58. The monoisotopic (exact) mass is 161 g/mol. The molecule has 0 unspecified atom stereocenters. The van der Waals surface area contributed by atoms with Crippen LogP contribution in [0.4, 0.5) is 13.2 Å². The van der Waals surface area contributed by atoms with Gasteiger partial charge < -0.3 is 0 Å². The fraction of sp³-hybridized carbons (Fsp3) is 1.00. The number of rotatable bonds is 3. The molecule has 56 valence electrons. The maximum Gasteiger partial charge on any atom is 0.522 e. The largest absolute Gasteiger partial charge is 0.522 e. The van der Waals surface area contributed by atoms with Gasteiger partial charge >= 0.3 is 6.36 Å². The molecule has 0 aromatic heterocycles. The van der Waals surface area contributed by atoms with Crippen LogP contribution in [0, 0.1) is 0 Å². The minimum Gasteiger partial charge on any atom is -0.291 e. The van der Waals surface area contributed by atoms with Gasteiger partial charge in [0.2, 0.25) is 0 Å². The summed E-state index contributed by atoms with van der Waals surface area (Å²) >= 11 is 3.45. The SMILES string of the molecule is FC(F)(F)OCCNS. The van der Waals surface area contributed by atoms with Crippen molar-refractivity contribution in [3.8, 4) is 0 Å². The Morgan fingerprint density at radius 3 is 2.33 bits per heavy atom. The van der Waals surface area contributed by atoms with Crippen molar-refractivity contribution in [3.63, 3.8) is 0 Å². The quantitative estimate of drug-likeness (QED) is 0.475. The molecule has 0 saturated carbocycles. The second-order valence-corrected chi connectivity index (χ2v) is 1.52. The number of nitrogens with one attached hydrogen (secondary N) is 1. The number of thiol groups is 1. The van der Waals surface area contributed by atoms with Crippen molar-refractivity contribution in [2.45, 2.75) is 6.36 Å². The lowest BCUT2D eigenvalue weighted by molar-refractivity contribution is -0.323. The van der Waals surface area contributed by atoms with Gasteiger partial charge in [-0.1, -0.05) is 12.8 Å². The van der Waals surface area contributed by atoms with Gasteiger partial charge in [-0.05, 0) is 0 Å².